The van der Waals surface area contributed by atoms with Crippen molar-refractivity contribution in [3.05, 3.63) is 41.9 Å². The van der Waals surface area contributed by atoms with Gasteiger partial charge in [-0.25, -0.2) is 0 Å². The van der Waals surface area contributed by atoms with E-state index in [-0.39, 0.29) is 0 Å². The Morgan fingerprint density at radius 1 is 1.33 bits per heavy atom. The van der Waals surface area contributed by atoms with Gasteiger partial charge in [0.15, 0.2) is 0 Å². The first-order valence-electron chi connectivity index (χ1n) is 3.49. The third-order valence-electron chi connectivity index (χ3n) is 1.11. The Kier molecular flexibility index (Phi) is 1.64. The first-order chi connectivity index (χ1) is 4.79. The Balaban J connectivity index is 2.87. The van der Waals surface area contributed by atoms with Crippen molar-refractivity contribution in [2.24, 2.45) is 0 Å². The van der Waals surface area contributed by atoms with E-state index in [0.717, 1.165) is 5.56 Å². The molecule has 0 N–H and O–H groups in total. The Labute approximate surface area is 57.2 Å². The molecule has 0 heteroatoms. The third kappa shape index (κ3) is 1.73. The number of hydrogen-bond donors (Lipinski definition) is 0. The third-order valence-corrected chi connectivity index (χ3v) is 1.11. The molecular weight excluding hydrogens is 108 g/mol. The molecule has 0 aromatic heterocycles. The van der Waals surface area contributed by atoms with Crippen molar-refractivity contribution in [1.82, 2.24) is 0 Å². The van der Waals surface area contributed by atoms with Crippen LogP contribution in [0.25, 0.3) is 6.08 Å². The van der Waals surface area contributed by atoms with Gasteiger partial charge in [0.2, 0.25) is 0 Å². The lowest BCUT2D eigenvalue weighted by Crippen LogP contribution is -1.65. The second-order valence-electron chi connectivity index (χ2n) is 1.84. The maximum Gasteiger partial charge on any atom is 0.0573 e. The summed E-state index contributed by atoms with van der Waals surface area (Å²) in [6.07, 6.45) is 1.83. The molecule has 0 saturated carbocycles. The molecule has 0 unspecified atom stereocenters. The van der Waals surface area contributed by atoms with Crippen molar-refractivity contribution < 1.29 is 1.37 Å². The van der Waals surface area contributed by atoms with Crippen LogP contribution in [0.2, 0.25) is 0 Å². The molecule has 9 heavy (non-hydrogen) atoms. The highest BCUT2D eigenvalue weighted by Crippen LogP contribution is 1.99. The van der Waals surface area contributed by atoms with Crippen molar-refractivity contribution in [1.29, 1.82) is 0 Å². The van der Waals surface area contributed by atoms with E-state index in [2.05, 4.69) is 0 Å². The minimum atomic E-state index is 0.589. The molecule has 0 aliphatic carbocycles. The van der Waals surface area contributed by atoms with Gasteiger partial charge in [0, 0.05) is 0 Å². The fraction of sp³-hybridized carbons (Fsp3) is 0.111. The van der Waals surface area contributed by atoms with Gasteiger partial charge in [-0.05, 0) is 12.5 Å². The minimum absolute atomic E-state index is 0.589. The Morgan fingerprint density at radius 2 is 2.00 bits per heavy atom. The lowest BCUT2D eigenvalue weighted by atomic mass is 10.2. The van der Waals surface area contributed by atoms with Crippen LogP contribution in [0.15, 0.2) is 36.4 Å². The Bertz CT molecular complexity index is 220. The van der Waals surface area contributed by atoms with Crippen LogP contribution in [0.4, 0.5) is 0 Å². The molecule has 0 radical (unpaired) electrons. The standard InChI is InChI=1S/C9H10/c1-2-6-9-7-4-3-5-8-9/h2-8H,1H3/b6-2-/i2D. The molecule has 0 fully saturated rings. The summed E-state index contributed by atoms with van der Waals surface area (Å²) >= 11 is 0. The van der Waals surface area contributed by atoms with Gasteiger partial charge in [-0.3, -0.25) is 0 Å². The molecule has 0 saturated heterocycles. The van der Waals surface area contributed by atoms with E-state index in [1.807, 2.05) is 36.4 Å². The molecule has 0 amide bonds. The number of rotatable bonds is 1. The van der Waals surface area contributed by atoms with E-state index in [4.69, 9.17) is 1.37 Å². The van der Waals surface area contributed by atoms with E-state index >= 15 is 0 Å². The van der Waals surface area contributed by atoms with Gasteiger partial charge in [-0.2, -0.15) is 0 Å². The maximum absolute atomic E-state index is 7.18. The fourth-order valence-electron chi connectivity index (χ4n) is 0.716. The lowest BCUT2D eigenvalue weighted by molar-refractivity contribution is 1.64. The predicted molar refractivity (Wildman–Crippen MR) is 41.2 cm³/mol. The molecule has 0 aliphatic heterocycles. The van der Waals surface area contributed by atoms with Crippen molar-refractivity contribution in [3.8, 4) is 0 Å². The molecule has 1 rings (SSSR count). The normalized spacial score (nSPS) is 13.0. The number of benzene rings is 1. The first kappa shape index (κ1) is 4.80. The van der Waals surface area contributed by atoms with E-state index in [1.54, 1.807) is 6.92 Å². The van der Waals surface area contributed by atoms with Crippen LogP contribution < -0.4 is 0 Å². The van der Waals surface area contributed by atoms with Crippen molar-refractivity contribution >= 4 is 6.08 Å². The van der Waals surface area contributed by atoms with Gasteiger partial charge < -0.3 is 0 Å². The average Bonchev–Trinajstić information content (AvgIpc) is 1.88. The molecule has 0 spiro atoms. The Hall–Kier alpha value is -1.04. The summed E-state index contributed by atoms with van der Waals surface area (Å²) in [6, 6.07) is 10.5. The second-order valence-corrected chi connectivity index (χ2v) is 1.84. The first-order valence-corrected chi connectivity index (χ1v) is 2.99. The van der Waals surface area contributed by atoms with Crippen LogP contribution in [0.1, 0.15) is 13.9 Å². The van der Waals surface area contributed by atoms with Crippen LogP contribution in [0.5, 0.6) is 0 Å². The highest BCUT2D eigenvalue weighted by Gasteiger charge is 1.77. The van der Waals surface area contributed by atoms with Gasteiger partial charge in [-0.15, -0.1) is 0 Å². The van der Waals surface area contributed by atoms with Gasteiger partial charge in [0.1, 0.15) is 0 Å². The molecular formula is C9H10. The van der Waals surface area contributed by atoms with Crippen LogP contribution >= 0.6 is 0 Å². The van der Waals surface area contributed by atoms with E-state index < -0.39 is 0 Å². The molecule has 1 aromatic carbocycles. The van der Waals surface area contributed by atoms with E-state index in [1.165, 1.54) is 0 Å². The van der Waals surface area contributed by atoms with Gasteiger partial charge in [0.05, 0.1) is 1.37 Å². The van der Waals surface area contributed by atoms with Crippen LogP contribution in [-0.4, -0.2) is 0 Å². The summed E-state index contributed by atoms with van der Waals surface area (Å²) in [6.45, 7) is 1.77. The largest absolute Gasteiger partial charge is 0.0871 e. The topological polar surface area (TPSA) is 0 Å². The zero-order valence-electron chi connectivity index (χ0n) is 6.46. The molecule has 0 atom stereocenters. The summed E-state index contributed by atoms with van der Waals surface area (Å²) in [5.41, 5.74) is 1.09. The van der Waals surface area contributed by atoms with Crippen molar-refractivity contribution in [3.63, 3.8) is 0 Å². The summed E-state index contributed by atoms with van der Waals surface area (Å²) < 4.78 is 7.18. The molecule has 0 aliphatic rings. The zero-order valence-corrected chi connectivity index (χ0v) is 5.46. The lowest BCUT2D eigenvalue weighted by Gasteiger charge is -1.86. The van der Waals surface area contributed by atoms with Crippen LogP contribution in [0.3, 0.4) is 0 Å². The number of hydrogen-bond acceptors (Lipinski definition) is 0. The highest BCUT2D eigenvalue weighted by molar-refractivity contribution is 5.47. The summed E-state index contributed by atoms with van der Waals surface area (Å²) in [4.78, 5) is 0. The SMILES string of the molecule is [2H]/C(C)=C/c1ccccc1. The van der Waals surface area contributed by atoms with Crippen molar-refractivity contribution in [2.45, 2.75) is 6.92 Å². The molecule has 46 valence electrons. The quantitative estimate of drug-likeness (QED) is 0.533. The minimum Gasteiger partial charge on any atom is -0.0871 e. The monoisotopic (exact) mass is 119 g/mol. The fourth-order valence-corrected chi connectivity index (χ4v) is 0.716. The van der Waals surface area contributed by atoms with Gasteiger partial charge in [-0.1, -0.05) is 42.5 Å². The summed E-state index contributed by atoms with van der Waals surface area (Å²) in [5, 5.41) is 0. The maximum atomic E-state index is 7.18. The molecule has 0 bridgehead atoms. The Morgan fingerprint density at radius 3 is 2.56 bits per heavy atom. The molecule has 1 aromatic rings. The predicted octanol–water partition coefficient (Wildman–Crippen LogP) is 2.72. The van der Waals surface area contributed by atoms with E-state index in [9.17, 15) is 0 Å². The van der Waals surface area contributed by atoms with Crippen LogP contribution in [-0.2, 0) is 0 Å². The zero-order chi connectivity index (χ0) is 7.40. The average molecular weight is 119 g/mol. The number of allylic oxidation sites excluding steroid dienone is 1. The van der Waals surface area contributed by atoms with E-state index in [0.29, 0.717) is 6.05 Å². The highest BCUT2D eigenvalue weighted by atomic mass is 13.8. The molecule has 0 nitrogen and oxygen atoms in total. The van der Waals surface area contributed by atoms with Crippen molar-refractivity contribution in [2.75, 3.05) is 0 Å². The summed E-state index contributed by atoms with van der Waals surface area (Å²) in [7, 11) is 0. The summed E-state index contributed by atoms with van der Waals surface area (Å²) in [5.74, 6) is 0. The smallest absolute Gasteiger partial charge is 0.0573 e. The van der Waals surface area contributed by atoms with Crippen LogP contribution in [0, 0.1) is 0 Å². The molecule has 0 heterocycles. The van der Waals surface area contributed by atoms with Gasteiger partial charge >= 0.3 is 0 Å². The van der Waals surface area contributed by atoms with Gasteiger partial charge in [0.25, 0.3) is 0 Å². The second kappa shape index (κ2) is 3.08.